The molecule has 0 atom stereocenters. The predicted molar refractivity (Wildman–Crippen MR) is 66.7 cm³/mol. The van der Waals surface area contributed by atoms with Gasteiger partial charge in [0.15, 0.2) is 0 Å². The quantitative estimate of drug-likeness (QED) is 0.837. The molecule has 0 N–H and O–H groups in total. The van der Waals surface area contributed by atoms with Crippen molar-refractivity contribution in [3.63, 3.8) is 0 Å². The van der Waals surface area contributed by atoms with Crippen LogP contribution in [0.2, 0.25) is 0 Å². The van der Waals surface area contributed by atoms with Gasteiger partial charge in [-0.1, -0.05) is 17.7 Å². The minimum absolute atomic E-state index is 0.0599. The van der Waals surface area contributed by atoms with Crippen LogP contribution >= 0.6 is 0 Å². The standard InChI is InChI=1S/C13H15F2NO2S/c1-9-3-4-11(10(2)5-9)19(17,18)16-7-12(8-16)6-13(12,14)15/h3-5H,6-8H2,1-2H3. The third-order valence-corrected chi connectivity index (χ3v) is 6.07. The van der Waals surface area contributed by atoms with Gasteiger partial charge in [-0.25, -0.2) is 17.2 Å². The van der Waals surface area contributed by atoms with Crippen molar-refractivity contribution >= 4 is 10.0 Å². The van der Waals surface area contributed by atoms with E-state index >= 15 is 0 Å². The Bertz CT molecular complexity index is 649. The van der Waals surface area contributed by atoms with Crippen molar-refractivity contribution in [2.24, 2.45) is 5.41 Å². The van der Waals surface area contributed by atoms with Crippen LogP contribution in [0.3, 0.4) is 0 Å². The molecule has 1 aliphatic heterocycles. The molecule has 1 spiro atoms. The van der Waals surface area contributed by atoms with Crippen LogP contribution in [-0.2, 0) is 10.0 Å². The van der Waals surface area contributed by atoms with E-state index in [-0.39, 0.29) is 24.4 Å². The molecule has 0 aromatic heterocycles. The summed E-state index contributed by atoms with van der Waals surface area (Å²) in [5, 5.41) is 0. The summed E-state index contributed by atoms with van der Waals surface area (Å²) in [6.07, 6.45) is -0.182. The average molecular weight is 287 g/mol. The summed E-state index contributed by atoms with van der Waals surface area (Å²) in [6, 6.07) is 5.06. The third-order valence-electron chi connectivity index (χ3n) is 4.12. The molecule has 2 fully saturated rings. The van der Waals surface area contributed by atoms with E-state index in [0.29, 0.717) is 5.56 Å². The maximum Gasteiger partial charge on any atom is 0.257 e. The van der Waals surface area contributed by atoms with Crippen LogP contribution in [0.25, 0.3) is 0 Å². The molecule has 2 aliphatic rings. The van der Waals surface area contributed by atoms with E-state index in [4.69, 9.17) is 0 Å². The molecule has 1 heterocycles. The Hall–Kier alpha value is -1.01. The first-order valence-electron chi connectivity index (χ1n) is 6.13. The molecular formula is C13H15F2NO2S. The van der Waals surface area contributed by atoms with Gasteiger partial charge in [0.25, 0.3) is 5.92 Å². The lowest BCUT2D eigenvalue weighted by Crippen LogP contribution is -2.53. The Morgan fingerprint density at radius 3 is 2.26 bits per heavy atom. The molecule has 0 radical (unpaired) electrons. The van der Waals surface area contributed by atoms with Crippen LogP contribution in [0, 0.1) is 19.3 Å². The predicted octanol–water partition coefficient (Wildman–Crippen LogP) is 2.33. The topological polar surface area (TPSA) is 37.4 Å². The molecule has 0 unspecified atom stereocenters. The minimum atomic E-state index is -3.63. The molecule has 19 heavy (non-hydrogen) atoms. The van der Waals surface area contributed by atoms with Gasteiger partial charge in [-0.05, 0) is 25.5 Å². The lowest BCUT2D eigenvalue weighted by molar-refractivity contribution is 0.0108. The van der Waals surface area contributed by atoms with E-state index in [2.05, 4.69) is 0 Å². The molecule has 1 aromatic carbocycles. The van der Waals surface area contributed by atoms with Crippen molar-refractivity contribution in [1.29, 1.82) is 0 Å². The first-order chi connectivity index (χ1) is 8.68. The highest BCUT2D eigenvalue weighted by Gasteiger charge is 2.77. The Kier molecular flexibility index (Phi) is 2.43. The second-order valence-electron chi connectivity index (χ2n) is 5.70. The van der Waals surface area contributed by atoms with E-state index in [9.17, 15) is 17.2 Å². The molecule has 3 nitrogen and oxygen atoms in total. The lowest BCUT2D eigenvalue weighted by atomic mass is 10.00. The van der Waals surface area contributed by atoms with Gasteiger partial charge >= 0.3 is 0 Å². The number of alkyl halides is 2. The van der Waals surface area contributed by atoms with Gasteiger partial charge in [0.1, 0.15) is 0 Å². The maximum absolute atomic E-state index is 13.1. The van der Waals surface area contributed by atoms with Crippen LogP contribution in [0.5, 0.6) is 0 Å². The summed E-state index contributed by atoms with van der Waals surface area (Å²) in [7, 11) is -3.63. The highest BCUT2D eigenvalue weighted by molar-refractivity contribution is 7.89. The Morgan fingerprint density at radius 1 is 1.21 bits per heavy atom. The fourth-order valence-electron chi connectivity index (χ4n) is 2.75. The van der Waals surface area contributed by atoms with E-state index in [1.807, 2.05) is 6.92 Å². The zero-order valence-corrected chi connectivity index (χ0v) is 11.6. The SMILES string of the molecule is Cc1ccc(S(=O)(=O)N2CC3(C2)CC3(F)F)c(C)c1. The van der Waals surface area contributed by atoms with Crippen LogP contribution < -0.4 is 0 Å². The first kappa shape index (κ1) is 13.0. The Balaban J connectivity index is 1.85. The fourth-order valence-corrected chi connectivity index (χ4v) is 4.57. The van der Waals surface area contributed by atoms with Gasteiger partial charge in [-0.15, -0.1) is 0 Å². The number of benzene rings is 1. The van der Waals surface area contributed by atoms with Gasteiger partial charge in [-0.3, -0.25) is 0 Å². The number of hydrogen-bond acceptors (Lipinski definition) is 2. The average Bonchev–Trinajstić information content (AvgIpc) is 2.79. The van der Waals surface area contributed by atoms with E-state index in [0.717, 1.165) is 9.87 Å². The smallest absolute Gasteiger partial charge is 0.207 e. The molecule has 1 aliphatic carbocycles. The van der Waals surface area contributed by atoms with Crippen molar-refractivity contribution in [3.8, 4) is 0 Å². The van der Waals surface area contributed by atoms with Crippen LogP contribution in [0.15, 0.2) is 23.1 Å². The van der Waals surface area contributed by atoms with Gasteiger partial charge in [-0.2, -0.15) is 4.31 Å². The summed E-state index contributed by atoms with van der Waals surface area (Å²) in [5.74, 6) is -2.68. The highest BCUT2D eigenvalue weighted by atomic mass is 32.2. The molecule has 1 saturated carbocycles. The normalized spacial score (nSPS) is 24.2. The fraction of sp³-hybridized carbons (Fsp3) is 0.538. The van der Waals surface area contributed by atoms with E-state index < -0.39 is 21.4 Å². The van der Waals surface area contributed by atoms with Crippen molar-refractivity contribution in [2.45, 2.75) is 31.1 Å². The molecule has 0 bridgehead atoms. The zero-order valence-electron chi connectivity index (χ0n) is 10.8. The summed E-state index contributed by atoms with van der Waals surface area (Å²) in [5.41, 5.74) is 0.562. The number of sulfonamides is 1. The van der Waals surface area contributed by atoms with Crippen LogP contribution in [-0.4, -0.2) is 31.7 Å². The van der Waals surface area contributed by atoms with Gasteiger partial charge < -0.3 is 0 Å². The highest BCUT2D eigenvalue weighted by Crippen LogP contribution is 2.65. The zero-order chi connectivity index (χ0) is 14.1. The number of nitrogens with zero attached hydrogens (tertiary/aromatic N) is 1. The molecular weight excluding hydrogens is 272 g/mol. The van der Waals surface area contributed by atoms with Crippen LogP contribution in [0.4, 0.5) is 8.78 Å². The van der Waals surface area contributed by atoms with Crippen molar-refractivity contribution in [1.82, 2.24) is 4.31 Å². The number of hydrogen-bond donors (Lipinski definition) is 0. The monoisotopic (exact) mass is 287 g/mol. The number of halogens is 2. The molecule has 3 rings (SSSR count). The molecule has 6 heteroatoms. The van der Waals surface area contributed by atoms with E-state index in [1.54, 1.807) is 25.1 Å². The van der Waals surface area contributed by atoms with Gasteiger partial charge in [0.05, 0.1) is 10.3 Å². The first-order valence-corrected chi connectivity index (χ1v) is 7.57. The summed E-state index contributed by atoms with van der Waals surface area (Å²) < 4.78 is 52.1. The number of aryl methyl sites for hydroxylation is 2. The lowest BCUT2D eigenvalue weighted by Gasteiger charge is -2.38. The number of rotatable bonds is 2. The molecule has 1 saturated heterocycles. The van der Waals surface area contributed by atoms with Gasteiger partial charge in [0, 0.05) is 19.5 Å². The van der Waals surface area contributed by atoms with Crippen molar-refractivity contribution in [2.75, 3.05) is 13.1 Å². The third kappa shape index (κ3) is 1.73. The second-order valence-corrected chi connectivity index (χ2v) is 7.61. The molecule has 104 valence electrons. The summed E-state index contributed by atoms with van der Waals surface area (Å²) in [4.78, 5) is 0.219. The van der Waals surface area contributed by atoms with Crippen LogP contribution in [0.1, 0.15) is 17.5 Å². The largest absolute Gasteiger partial charge is 0.257 e. The van der Waals surface area contributed by atoms with Crippen molar-refractivity contribution in [3.05, 3.63) is 29.3 Å². The minimum Gasteiger partial charge on any atom is -0.207 e. The summed E-state index contributed by atoms with van der Waals surface area (Å²) in [6.45, 7) is 3.49. The van der Waals surface area contributed by atoms with E-state index in [1.165, 1.54) is 0 Å². The molecule has 1 aromatic rings. The summed E-state index contributed by atoms with van der Waals surface area (Å²) >= 11 is 0. The van der Waals surface area contributed by atoms with Crippen molar-refractivity contribution < 1.29 is 17.2 Å². The van der Waals surface area contributed by atoms with Gasteiger partial charge in [0.2, 0.25) is 10.0 Å². The Labute approximate surface area is 111 Å². The second kappa shape index (κ2) is 3.55. The maximum atomic E-state index is 13.1. The Morgan fingerprint density at radius 2 is 1.79 bits per heavy atom. The molecule has 0 amide bonds.